The van der Waals surface area contributed by atoms with E-state index < -0.39 is 0 Å². The smallest absolute Gasteiger partial charge is 0.0725 e. The number of likely N-dealkylation sites (N-methyl/N-ethyl adjacent to an activating group) is 1. The van der Waals surface area contributed by atoms with E-state index in [1.807, 2.05) is 18.8 Å². The number of nitrogens with zero attached hydrogens (tertiary/aromatic N) is 2. The van der Waals surface area contributed by atoms with Crippen molar-refractivity contribution >= 4 is 0 Å². The van der Waals surface area contributed by atoms with Gasteiger partial charge in [0.15, 0.2) is 0 Å². The molecular formula is C17H23N3O. The predicted octanol–water partition coefficient (Wildman–Crippen LogP) is 2.52. The van der Waals surface area contributed by atoms with Crippen LogP contribution >= 0.6 is 0 Å². The predicted molar refractivity (Wildman–Crippen MR) is 83.0 cm³/mol. The molecule has 0 saturated heterocycles. The van der Waals surface area contributed by atoms with Crippen molar-refractivity contribution in [3.05, 3.63) is 52.3 Å². The highest BCUT2D eigenvalue weighted by Gasteiger charge is 2.17. The third-order valence-corrected chi connectivity index (χ3v) is 4.30. The fourth-order valence-electron chi connectivity index (χ4n) is 2.94. The van der Waals surface area contributed by atoms with Crippen molar-refractivity contribution in [2.75, 3.05) is 7.05 Å². The van der Waals surface area contributed by atoms with Crippen LogP contribution in [0.5, 0.6) is 0 Å². The minimum Gasteiger partial charge on any atom is -0.372 e. The van der Waals surface area contributed by atoms with E-state index in [4.69, 9.17) is 4.74 Å². The number of ether oxygens (including phenoxy) is 1. The minimum absolute atomic E-state index is 0.302. The molecule has 1 unspecified atom stereocenters. The molecule has 1 N–H and O–H groups in total. The second-order valence-electron chi connectivity index (χ2n) is 5.67. The van der Waals surface area contributed by atoms with Gasteiger partial charge in [-0.3, -0.25) is 4.68 Å². The number of aryl methyl sites for hydroxylation is 2. The minimum atomic E-state index is 0.302. The Morgan fingerprint density at radius 2 is 2.10 bits per heavy atom. The highest BCUT2D eigenvalue weighted by molar-refractivity contribution is 5.35. The van der Waals surface area contributed by atoms with Crippen molar-refractivity contribution < 1.29 is 4.74 Å². The largest absolute Gasteiger partial charge is 0.372 e. The highest BCUT2D eigenvalue weighted by Crippen LogP contribution is 2.25. The van der Waals surface area contributed by atoms with Gasteiger partial charge in [-0.2, -0.15) is 5.10 Å². The van der Waals surface area contributed by atoms with Crippen LogP contribution in [0.4, 0.5) is 0 Å². The first-order chi connectivity index (χ1) is 10.2. The first-order valence-electron chi connectivity index (χ1n) is 7.59. The van der Waals surface area contributed by atoms with Gasteiger partial charge in [-0.05, 0) is 36.2 Å². The summed E-state index contributed by atoms with van der Waals surface area (Å²) in [5, 5.41) is 7.97. The van der Waals surface area contributed by atoms with E-state index in [9.17, 15) is 0 Å². The summed E-state index contributed by atoms with van der Waals surface area (Å²) < 4.78 is 7.50. The van der Waals surface area contributed by atoms with Gasteiger partial charge in [0.05, 0.1) is 18.9 Å². The number of fused-ring (bicyclic) bond motifs is 1. The van der Waals surface area contributed by atoms with Crippen LogP contribution in [0, 0.1) is 0 Å². The maximum atomic E-state index is 5.50. The Labute approximate surface area is 126 Å². The van der Waals surface area contributed by atoms with Gasteiger partial charge in [0.1, 0.15) is 0 Å². The molecule has 21 heavy (non-hydrogen) atoms. The molecule has 1 atom stereocenters. The van der Waals surface area contributed by atoms with Crippen LogP contribution in [0.25, 0.3) is 0 Å². The van der Waals surface area contributed by atoms with Crippen molar-refractivity contribution in [3.63, 3.8) is 0 Å². The summed E-state index contributed by atoms with van der Waals surface area (Å²) >= 11 is 0. The van der Waals surface area contributed by atoms with Crippen LogP contribution in [0.15, 0.2) is 24.3 Å². The number of aromatic nitrogens is 2. The zero-order valence-electron chi connectivity index (χ0n) is 13.0. The summed E-state index contributed by atoms with van der Waals surface area (Å²) in [5.74, 6) is 0. The molecule has 0 radical (unpaired) electrons. The molecule has 0 aliphatic carbocycles. The van der Waals surface area contributed by atoms with Crippen molar-refractivity contribution in [2.45, 2.75) is 39.0 Å². The Hall–Kier alpha value is -1.65. The monoisotopic (exact) mass is 285 g/mol. The fraction of sp³-hybridized carbons (Fsp3) is 0.471. The Morgan fingerprint density at radius 1 is 1.29 bits per heavy atom. The van der Waals surface area contributed by atoms with Gasteiger partial charge < -0.3 is 10.1 Å². The first kappa shape index (κ1) is 14.3. The van der Waals surface area contributed by atoms with E-state index in [1.165, 1.54) is 22.4 Å². The van der Waals surface area contributed by atoms with Crippen LogP contribution in [0.3, 0.4) is 0 Å². The van der Waals surface area contributed by atoms with Crippen LogP contribution in [0.1, 0.15) is 41.0 Å². The summed E-state index contributed by atoms with van der Waals surface area (Å²) in [6.45, 7) is 3.63. The standard InChI is InChI=1S/C17H23N3O/c1-4-15-8-16(20(3)19-15)9-17(18-2)12-5-6-13-10-21-11-14(13)7-12/h5-8,17-18H,4,9-11H2,1-3H3. The third kappa shape index (κ3) is 2.87. The van der Waals surface area contributed by atoms with Crippen molar-refractivity contribution in [3.8, 4) is 0 Å². The van der Waals surface area contributed by atoms with E-state index in [0.29, 0.717) is 6.04 Å². The summed E-state index contributed by atoms with van der Waals surface area (Å²) in [5.41, 5.74) is 6.39. The summed E-state index contributed by atoms with van der Waals surface area (Å²) in [4.78, 5) is 0. The SMILES string of the molecule is CCc1cc(CC(NC)c2ccc3c(c2)COC3)n(C)n1. The average molecular weight is 285 g/mol. The lowest BCUT2D eigenvalue weighted by Crippen LogP contribution is -2.20. The molecule has 3 rings (SSSR count). The molecule has 2 heterocycles. The van der Waals surface area contributed by atoms with Crippen LogP contribution in [-0.4, -0.2) is 16.8 Å². The molecule has 1 aromatic heterocycles. The van der Waals surface area contributed by atoms with E-state index in [2.05, 4.69) is 41.6 Å². The zero-order chi connectivity index (χ0) is 14.8. The molecule has 112 valence electrons. The summed E-state index contributed by atoms with van der Waals surface area (Å²) in [6.07, 6.45) is 1.92. The third-order valence-electron chi connectivity index (χ3n) is 4.30. The first-order valence-corrected chi connectivity index (χ1v) is 7.59. The van der Waals surface area contributed by atoms with E-state index in [1.54, 1.807) is 0 Å². The molecular weight excluding hydrogens is 262 g/mol. The van der Waals surface area contributed by atoms with Gasteiger partial charge in [0.25, 0.3) is 0 Å². The van der Waals surface area contributed by atoms with E-state index in [0.717, 1.165) is 31.7 Å². The molecule has 0 amide bonds. The van der Waals surface area contributed by atoms with Gasteiger partial charge in [-0.25, -0.2) is 0 Å². The average Bonchev–Trinajstić information content (AvgIpc) is 3.10. The lowest BCUT2D eigenvalue weighted by molar-refractivity contribution is 0.134. The van der Waals surface area contributed by atoms with Crippen molar-refractivity contribution in [1.29, 1.82) is 0 Å². The van der Waals surface area contributed by atoms with E-state index >= 15 is 0 Å². The second-order valence-corrected chi connectivity index (χ2v) is 5.67. The van der Waals surface area contributed by atoms with Gasteiger partial charge in [-0.1, -0.05) is 25.1 Å². The van der Waals surface area contributed by atoms with Crippen LogP contribution < -0.4 is 5.32 Å². The number of hydrogen-bond acceptors (Lipinski definition) is 3. The fourth-order valence-corrected chi connectivity index (χ4v) is 2.94. The van der Waals surface area contributed by atoms with Crippen molar-refractivity contribution in [2.24, 2.45) is 7.05 Å². The van der Waals surface area contributed by atoms with Gasteiger partial charge >= 0.3 is 0 Å². The molecule has 0 saturated carbocycles. The summed E-state index contributed by atoms with van der Waals surface area (Å²) in [7, 11) is 4.04. The van der Waals surface area contributed by atoms with Crippen LogP contribution in [0.2, 0.25) is 0 Å². The Morgan fingerprint density at radius 3 is 2.81 bits per heavy atom. The van der Waals surface area contributed by atoms with Crippen LogP contribution in [-0.2, 0) is 37.8 Å². The van der Waals surface area contributed by atoms with Gasteiger partial charge in [0, 0.05) is 25.2 Å². The van der Waals surface area contributed by atoms with Crippen molar-refractivity contribution in [1.82, 2.24) is 15.1 Å². The quantitative estimate of drug-likeness (QED) is 0.917. The number of nitrogens with one attached hydrogen (secondary N) is 1. The molecule has 1 aromatic carbocycles. The Kier molecular flexibility index (Phi) is 4.08. The number of benzene rings is 1. The number of rotatable bonds is 5. The molecule has 0 bridgehead atoms. The Bertz CT molecular complexity index is 633. The zero-order valence-corrected chi connectivity index (χ0v) is 13.0. The van der Waals surface area contributed by atoms with Gasteiger partial charge in [-0.15, -0.1) is 0 Å². The molecule has 2 aromatic rings. The molecule has 1 aliphatic rings. The highest BCUT2D eigenvalue weighted by atomic mass is 16.5. The maximum Gasteiger partial charge on any atom is 0.0725 e. The lowest BCUT2D eigenvalue weighted by atomic mass is 9.98. The van der Waals surface area contributed by atoms with E-state index in [-0.39, 0.29) is 0 Å². The molecule has 1 aliphatic heterocycles. The van der Waals surface area contributed by atoms with Gasteiger partial charge in [0.2, 0.25) is 0 Å². The maximum absolute atomic E-state index is 5.50. The summed E-state index contributed by atoms with van der Waals surface area (Å²) in [6, 6.07) is 9.20. The molecule has 4 nitrogen and oxygen atoms in total. The molecule has 4 heteroatoms. The number of hydrogen-bond donors (Lipinski definition) is 1. The normalized spacial score (nSPS) is 15.2. The molecule has 0 fully saturated rings. The Balaban J connectivity index is 1.83. The molecule has 0 spiro atoms. The lowest BCUT2D eigenvalue weighted by Gasteiger charge is -2.17. The second kappa shape index (κ2) is 6.00. The topological polar surface area (TPSA) is 39.1 Å².